The Hall–Kier alpha value is -2.16. The van der Waals surface area contributed by atoms with Crippen LogP contribution in [-0.2, 0) is 0 Å². The van der Waals surface area contributed by atoms with Gasteiger partial charge in [-0.2, -0.15) is 0 Å². The van der Waals surface area contributed by atoms with Crippen LogP contribution in [0.3, 0.4) is 0 Å². The Labute approximate surface area is 100 Å². The second-order valence-electron chi connectivity index (χ2n) is 3.69. The van der Waals surface area contributed by atoms with Gasteiger partial charge < -0.3 is 4.74 Å². The van der Waals surface area contributed by atoms with Crippen molar-refractivity contribution in [3.05, 3.63) is 47.7 Å². The first-order valence-electron chi connectivity index (χ1n) is 5.32. The van der Waals surface area contributed by atoms with E-state index in [1.54, 1.807) is 19.4 Å². The highest BCUT2D eigenvalue weighted by Crippen LogP contribution is 2.30. The average molecular weight is 227 g/mol. The Morgan fingerprint density at radius 2 is 2.00 bits per heavy atom. The minimum atomic E-state index is 0.654. The maximum Gasteiger partial charge on any atom is 0.150 e. The van der Waals surface area contributed by atoms with Crippen LogP contribution >= 0.6 is 0 Å². The third-order valence-electron chi connectivity index (χ3n) is 2.74. The van der Waals surface area contributed by atoms with Crippen molar-refractivity contribution in [2.45, 2.75) is 6.92 Å². The van der Waals surface area contributed by atoms with Crippen molar-refractivity contribution in [1.29, 1.82) is 0 Å². The fourth-order valence-electron chi connectivity index (χ4n) is 1.79. The SMILES string of the molecule is COc1ccccc1-c1nccc(C=O)c1C. The first-order valence-corrected chi connectivity index (χ1v) is 5.32. The summed E-state index contributed by atoms with van der Waals surface area (Å²) in [5.41, 5.74) is 3.20. The van der Waals surface area contributed by atoms with Crippen LogP contribution in [0, 0.1) is 6.92 Å². The molecule has 2 aromatic rings. The van der Waals surface area contributed by atoms with Crippen molar-refractivity contribution < 1.29 is 9.53 Å². The highest BCUT2D eigenvalue weighted by molar-refractivity contribution is 5.82. The Bertz CT molecular complexity index is 550. The smallest absolute Gasteiger partial charge is 0.150 e. The van der Waals surface area contributed by atoms with Crippen molar-refractivity contribution in [2.24, 2.45) is 0 Å². The molecule has 86 valence electrons. The van der Waals surface area contributed by atoms with Gasteiger partial charge in [0, 0.05) is 17.3 Å². The lowest BCUT2D eigenvalue weighted by atomic mass is 10.0. The lowest BCUT2D eigenvalue weighted by Gasteiger charge is -2.10. The molecule has 0 saturated carbocycles. The second kappa shape index (κ2) is 4.78. The fourth-order valence-corrected chi connectivity index (χ4v) is 1.79. The van der Waals surface area contributed by atoms with Crippen molar-refractivity contribution in [2.75, 3.05) is 7.11 Å². The number of rotatable bonds is 3. The molecule has 0 spiro atoms. The summed E-state index contributed by atoms with van der Waals surface area (Å²) in [6, 6.07) is 9.35. The van der Waals surface area contributed by atoms with E-state index in [2.05, 4.69) is 4.98 Å². The van der Waals surface area contributed by atoms with Crippen LogP contribution in [0.15, 0.2) is 36.5 Å². The molecule has 0 aliphatic rings. The molecule has 0 bridgehead atoms. The number of methoxy groups -OCH3 is 1. The minimum absolute atomic E-state index is 0.654. The molecule has 3 nitrogen and oxygen atoms in total. The Morgan fingerprint density at radius 1 is 1.24 bits per heavy atom. The van der Waals surface area contributed by atoms with E-state index in [4.69, 9.17) is 4.74 Å². The van der Waals surface area contributed by atoms with Gasteiger partial charge in [-0.3, -0.25) is 9.78 Å². The number of para-hydroxylation sites is 1. The van der Waals surface area contributed by atoms with Gasteiger partial charge in [0.1, 0.15) is 12.0 Å². The van der Waals surface area contributed by atoms with Crippen LogP contribution in [-0.4, -0.2) is 18.4 Å². The zero-order chi connectivity index (χ0) is 12.3. The summed E-state index contributed by atoms with van der Waals surface area (Å²) in [6.07, 6.45) is 2.48. The molecule has 2 rings (SSSR count). The summed E-state index contributed by atoms with van der Waals surface area (Å²) in [5, 5.41) is 0. The summed E-state index contributed by atoms with van der Waals surface area (Å²) in [4.78, 5) is 15.2. The molecule has 1 aromatic carbocycles. The number of benzene rings is 1. The van der Waals surface area contributed by atoms with Crippen molar-refractivity contribution in [1.82, 2.24) is 4.98 Å². The fraction of sp³-hybridized carbons (Fsp3) is 0.143. The Kier molecular flexibility index (Phi) is 3.19. The average Bonchev–Trinajstić information content (AvgIpc) is 2.39. The molecule has 0 atom stereocenters. The maximum absolute atomic E-state index is 10.9. The molecule has 3 heteroatoms. The van der Waals surface area contributed by atoms with Crippen LogP contribution in [0.4, 0.5) is 0 Å². The molecule has 17 heavy (non-hydrogen) atoms. The predicted molar refractivity (Wildman–Crippen MR) is 66.3 cm³/mol. The quantitative estimate of drug-likeness (QED) is 0.757. The minimum Gasteiger partial charge on any atom is -0.496 e. The molecule has 0 aliphatic carbocycles. The molecule has 0 unspecified atom stereocenters. The van der Waals surface area contributed by atoms with E-state index in [0.29, 0.717) is 5.56 Å². The van der Waals surface area contributed by atoms with Gasteiger partial charge in [0.15, 0.2) is 0 Å². The topological polar surface area (TPSA) is 39.2 Å². The molecular formula is C14H13NO2. The number of carbonyl (C=O) groups excluding carboxylic acids is 1. The number of aldehydes is 1. The molecule has 1 aromatic heterocycles. The largest absolute Gasteiger partial charge is 0.496 e. The van der Waals surface area contributed by atoms with E-state index in [1.165, 1.54) is 0 Å². The van der Waals surface area contributed by atoms with E-state index in [9.17, 15) is 4.79 Å². The van der Waals surface area contributed by atoms with Crippen molar-refractivity contribution in [3.8, 4) is 17.0 Å². The first-order chi connectivity index (χ1) is 8.27. The third kappa shape index (κ3) is 2.04. The normalized spacial score (nSPS) is 10.0. The first kappa shape index (κ1) is 11.3. The van der Waals surface area contributed by atoms with E-state index in [0.717, 1.165) is 28.9 Å². The van der Waals surface area contributed by atoms with Crippen molar-refractivity contribution >= 4 is 6.29 Å². The van der Waals surface area contributed by atoms with Gasteiger partial charge in [0.2, 0.25) is 0 Å². The number of nitrogens with zero attached hydrogens (tertiary/aromatic N) is 1. The van der Waals surface area contributed by atoms with Gasteiger partial charge in [-0.1, -0.05) is 12.1 Å². The van der Waals surface area contributed by atoms with Crippen LogP contribution < -0.4 is 4.74 Å². The predicted octanol–water partition coefficient (Wildman–Crippen LogP) is 2.88. The molecule has 0 aliphatic heterocycles. The van der Waals surface area contributed by atoms with Crippen LogP contribution in [0.2, 0.25) is 0 Å². The van der Waals surface area contributed by atoms with Gasteiger partial charge in [-0.05, 0) is 30.7 Å². The number of hydrogen-bond acceptors (Lipinski definition) is 3. The van der Waals surface area contributed by atoms with Crippen LogP contribution in [0.25, 0.3) is 11.3 Å². The highest BCUT2D eigenvalue weighted by Gasteiger charge is 2.11. The van der Waals surface area contributed by atoms with Gasteiger partial charge >= 0.3 is 0 Å². The summed E-state index contributed by atoms with van der Waals surface area (Å²) in [5.74, 6) is 0.756. The summed E-state index contributed by atoms with van der Waals surface area (Å²) in [6.45, 7) is 1.89. The lowest BCUT2D eigenvalue weighted by Crippen LogP contribution is -1.96. The molecular weight excluding hydrogens is 214 g/mol. The third-order valence-corrected chi connectivity index (χ3v) is 2.74. The molecule has 0 amide bonds. The monoisotopic (exact) mass is 227 g/mol. The number of aromatic nitrogens is 1. The van der Waals surface area contributed by atoms with Gasteiger partial charge in [-0.15, -0.1) is 0 Å². The van der Waals surface area contributed by atoms with E-state index >= 15 is 0 Å². The summed E-state index contributed by atoms with van der Waals surface area (Å²) >= 11 is 0. The number of ether oxygens (including phenoxy) is 1. The van der Waals surface area contributed by atoms with E-state index in [1.807, 2.05) is 31.2 Å². The van der Waals surface area contributed by atoms with Gasteiger partial charge in [0.25, 0.3) is 0 Å². The lowest BCUT2D eigenvalue weighted by molar-refractivity contribution is 0.112. The van der Waals surface area contributed by atoms with Crippen molar-refractivity contribution in [3.63, 3.8) is 0 Å². The number of hydrogen-bond donors (Lipinski definition) is 0. The standard InChI is InChI=1S/C14H13NO2/c1-10-11(9-16)7-8-15-14(10)12-5-3-4-6-13(12)17-2/h3-9H,1-2H3. The Morgan fingerprint density at radius 3 is 2.71 bits per heavy atom. The van der Waals surface area contributed by atoms with Crippen LogP contribution in [0.1, 0.15) is 15.9 Å². The molecule has 0 saturated heterocycles. The maximum atomic E-state index is 10.9. The van der Waals surface area contributed by atoms with E-state index in [-0.39, 0.29) is 0 Å². The zero-order valence-corrected chi connectivity index (χ0v) is 9.81. The van der Waals surface area contributed by atoms with Crippen LogP contribution in [0.5, 0.6) is 5.75 Å². The molecule has 0 fully saturated rings. The number of pyridine rings is 1. The van der Waals surface area contributed by atoms with E-state index < -0.39 is 0 Å². The van der Waals surface area contributed by atoms with Gasteiger partial charge in [-0.25, -0.2) is 0 Å². The summed E-state index contributed by atoms with van der Waals surface area (Å²) in [7, 11) is 1.62. The second-order valence-corrected chi connectivity index (χ2v) is 3.69. The van der Waals surface area contributed by atoms with Gasteiger partial charge in [0.05, 0.1) is 12.8 Å². The number of carbonyl (C=O) groups is 1. The molecule has 1 heterocycles. The molecule has 0 N–H and O–H groups in total. The highest BCUT2D eigenvalue weighted by atomic mass is 16.5. The zero-order valence-electron chi connectivity index (χ0n) is 9.81. The summed E-state index contributed by atoms with van der Waals surface area (Å²) < 4.78 is 5.30. The Balaban J connectivity index is 2.64. The molecule has 0 radical (unpaired) electrons.